The van der Waals surface area contributed by atoms with Gasteiger partial charge >= 0.3 is 0 Å². The Kier molecular flexibility index (Phi) is 8.08. The summed E-state index contributed by atoms with van der Waals surface area (Å²) in [5, 5.41) is 11.8. The number of ether oxygens (including phenoxy) is 2. The Balaban J connectivity index is 1.64. The lowest BCUT2D eigenvalue weighted by Gasteiger charge is -2.26. The quantitative estimate of drug-likeness (QED) is 0.697. The van der Waals surface area contributed by atoms with Gasteiger partial charge in [-0.3, -0.25) is 4.79 Å². The number of carbonyl (C=O) groups excluding carboxylic acids is 1. The molecule has 130 valence electrons. The zero-order chi connectivity index (χ0) is 17.0. The fraction of sp³-hybridized carbons (Fsp3) is 0.556. The molecule has 0 radical (unpaired) electrons. The van der Waals surface area contributed by atoms with Gasteiger partial charge in [-0.15, -0.1) is 0 Å². The third kappa shape index (κ3) is 6.57. The van der Waals surface area contributed by atoms with Gasteiger partial charge in [0.2, 0.25) is 5.91 Å². The number of hydrogen-bond donors (Lipinski definition) is 1. The molecule has 1 N–H and O–H groups in total. The first-order valence-corrected chi connectivity index (χ1v) is 8.44. The molecular formula is C18H25N3O3. The van der Waals surface area contributed by atoms with E-state index < -0.39 is 0 Å². The Labute approximate surface area is 143 Å². The highest BCUT2D eigenvalue weighted by Gasteiger charge is 2.15. The first-order chi connectivity index (χ1) is 11.8. The van der Waals surface area contributed by atoms with E-state index in [1.807, 2.05) is 29.2 Å². The molecule has 1 amide bonds. The van der Waals surface area contributed by atoms with Crippen LogP contribution in [0.15, 0.2) is 24.3 Å². The molecule has 1 aliphatic rings. The number of nitrogens with one attached hydrogen (secondary N) is 1. The zero-order valence-electron chi connectivity index (χ0n) is 14.0. The minimum atomic E-state index is 0.181. The number of unbranched alkanes of at least 4 members (excludes halogenated alkanes) is 1. The van der Waals surface area contributed by atoms with Gasteiger partial charge in [0.1, 0.15) is 5.75 Å². The fourth-order valence-electron chi connectivity index (χ4n) is 2.49. The highest BCUT2D eigenvalue weighted by molar-refractivity contribution is 5.76. The van der Waals surface area contributed by atoms with E-state index in [0.29, 0.717) is 58.8 Å². The van der Waals surface area contributed by atoms with Crippen LogP contribution in [0.5, 0.6) is 5.75 Å². The van der Waals surface area contributed by atoms with Crippen LogP contribution in [0, 0.1) is 11.3 Å². The van der Waals surface area contributed by atoms with Gasteiger partial charge in [0.25, 0.3) is 0 Å². The van der Waals surface area contributed by atoms with E-state index in [4.69, 9.17) is 14.7 Å². The van der Waals surface area contributed by atoms with Gasteiger partial charge in [-0.1, -0.05) is 12.1 Å². The first-order valence-electron chi connectivity index (χ1n) is 8.44. The molecule has 1 aromatic rings. The standard InChI is InChI=1S/C18H25N3O3/c19-7-1-2-11-24-17-5-3-4-16(14-17)15-20-8-6-18(22)21-9-12-23-13-10-21/h3-5,14,20H,1-2,6,8-13,15H2. The summed E-state index contributed by atoms with van der Waals surface area (Å²) in [6, 6.07) is 9.99. The van der Waals surface area contributed by atoms with E-state index in [-0.39, 0.29) is 5.91 Å². The maximum absolute atomic E-state index is 12.0. The maximum Gasteiger partial charge on any atom is 0.224 e. The Morgan fingerprint density at radius 3 is 3.00 bits per heavy atom. The smallest absolute Gasteiger partial charge is 0.224 e. The van der Waals surface area contributed by atoms with Crippen molar-refractivity contribution in [3.63, 3.8) is 0 Å². The van der Waals surface area contributed by atoms with Crippen molar-refractivity contribution >= 4 is 5.91 Å². The minimum absolute atomic E-state index is 0.181. The molecule has 6 heteroatoms. The SMILES string of the molecule is N#CCCCOc1cccc(CNCCC(=O)N2CCOCC2)c1. The molecule has 0 saturated carbocycles. The van der Waals surface area contributed by atoms with Gasteiger partial charge < -0.3 is 19.7 Å². The number of nitrogens with zero attached hydrogens (tertiary/aromatic N) is 2. The van der Waals surface area contributed by atoms with Crippen molar-refractivity contribution in [2.75, 3.05) is 39.5 Å². The number of amides is 1. The molecule has 1 aromatic carbocycles. The van der Waals surface area contributed by atoms with E-state index in [2.05, 4.69) is 11.4 Å². The second kappa shape index (κ2) is 10.6. The number of benzene rings is 1. The van der Waals surface area contributed by atoms with Crippen LogP contribution in [0.3, 0.4) is 0 Å². The summed E-state index contributed by atoms with van der Waals surface area (Å²) in [5.74, 6) is 0.997. The normalized spacial score (nSPS) is 14.2. The van der Waals surface area contributed by atoms with E-state index in [1.165, 1.54) is 0 Å². The Morgan fingerprint density at radius 1 is 1.38 bits per heavy atom. The van der Waals surface area contributed by atoms with Gasteiger partial charge in [-0.2, -0.15) is 5.26 Å². The second-order valence-corrected chi connectivity index (χ2v) is 5.68. The summed E-state index contributed by atoms with van der Waals surface area (Å²) in [6.45, 7) is 4.59. The Morgan fingerprint density at radius 2 is 2.21 bits per heavy atom. The lowest BCUT2D eigenvalue weighted by Crippen LogP contribution is -2.41. The van der Waals surface area contributed by atoms with Gasteiger partial charge in [0.05, 0.1) is 25.9 Å². The molecule has 0 spiro atoms. The predicted molar refractivity (Wildman–Crippen MR) is 90.5 cm³/mol. The molecule has 2 rings (SSSR count). The molecule has 1 saturated heterocycles. The Bertz CT molecular complexity index is 551. The van der Waals surface area contributed by atoms with Crippen LogP contribution in [-0.2, 0) is 16.1 Å². The van der Waals surface area contributed by atoms with Crippen LogP contribution >= 0.6 is 0 Å². The van der Waals surface area contributed by atoms with Crippen LogP contribution in [0.2, 0.25) is 0 Å². The molecule has 0 atom stereocenters. The zero-order valence-corrected chi connectivity index (χ0v) is 14.0. The van der Waals surface area contributed by atoms with Crippen molar-refractivity contribution < 1.29 is 14.3 Å². The fourth-order valence-corrected chi connectivity index (χ4v) is 2.49. The van der Waals surface area contributed by atoms with Crippen molar-refractivity contribution in [1.29, 1.82) is 5.26 Å². The van der Waals surface area contributed by atoms with Gasteiger partial charge in [0, 0.05) is 39.0 Å². The highest BCUT2D eigenvalue weighted by atomic mass is 16.5. The third-order valence-electron chi connectivity index (χ3n) is 3.81. The van der Waals surface area contributed by atoms with Gasteiger partial charge in [-0.25, -0.2) is 0 Å². The number of carbonyl (C=O) groups is 1. The molecule has 0 aromatic heterocycles. The van der Waals surface area contributed by atoms with Crippen molar-refractivity contribution in [2.45, 2.75) is 25.8 Å². The van der Waals surface area contributed by atoms with Crippen molar-refractivity contribution in [1.82, 2.24) is 10.2 Å². The molecule has 0 aliphatic carbocycles. The highest BCUT2D eigenvalue weighted by Crippen LogP contribution is 2.13. The molecule has 0 bridgehead atoms. The van der Waals surface area contributed by atoms with Gasteiger partial charge in [-0.05, 0) is 24.1 Å². The van der Waals surface area contributed by atoms with Crippen molar-refractivity contribution in [3.8, 4) is 11.8 Å². The summed E-state index contributed by atoms with van der Waals surface area (Å²) in [4.78, 5) is 13.9. The largest absolute Gasteiger partial charge is 0.494 e. The molecule has 24 heavy (non-hydrogen) atoms. The maximum atomic E-state index is 12.0. The average Bonchev–Trinajstić information content (AvgIpc) is 2.63. The summed E-state index contributed by atoms with van der Waals surface area (Å²) in [5.41, 5.74) is 1.12. The van der Waals surface area contributed by atoms with Crippen LogP contribution in [-0.4, -0.2) is 50.3 Å². The van der Waals surface area contributed by atoms with Crippen LogP contribution in [0.25, 0.3) is 0 Å². The monoisotopic (exact) mass is 331 g/mol. The number of nitriles is 1. The molecular weight excluding hydrogens is 306 g/mol. The van der Waals surface area contributed by atoms with Crippen molar-refractivity contribution in [2.24, 2.45) is 0 Å². The van der Waals surface area contributed by atoms with Crippen molar-refractivity contribution in [3.05, 3.63) is 29.8 Å². The lowest BCUT2D eigenvalue weighted by molar-refractivity contribution is -0.135. The molecule has 1 fully saturated rings. The Hall–Kier alpha value is -2.10. The van der Waals surface area contributed by atoms with Crippen LogP contribution in [0.1, 0.15) is 24.8 Å². The van der Waals surface area contributed by atoms with E-state index in [0.717, 1.165) is 17.7 Å². The lowest BCUT2D eigenvalue weighted by atomic mass is 10.2. The molecule has 1 aliphatic heterocycles. The number of hydrogen-bond acceptors (Lipinski definition) is 5. The predicted octanol–water partition coefficient (Wildman–Crippen LogP) is 1.71. The second-order valence-electron chi connectivity index (χ2n) is 5.68. The number of morpholine rings is 1. The first kappa shape index (κ1) is 18.2. The van der Waals surface area contributed by atoms with E-state index in [1.54, 1.807) is 0 Å². The van der Waals surface area contributed by atoms with Crippen LogP contribution in [0.4, 0.5) is 0 Å². The topological polar surface area (TPSA) is 74.6 Å². The summed E-state index contributed by atoms with van der Waals surface area (Å²) in [6.07, 6.45) is 1.76. The van der Waals surface area contributed by atoms with E-state index >= 15 is 0 Å². The third-order valence-corrected chi connectivity index (χ3v) is 3.81. The molecule has 6 nitrogen and oxygen atoms in total. The molecule has 1 heterocycles. The van der Waals surface area contributed by atoms with Crippen LogP contribution < -0.4 is 10.1 Å². The minimum Gasteiger partial charge on any atom is -0.494 e. The average molecular weight is 331 g/mol. The van der Waals surface area contributed by atoms with E-state index in [9.17, 15) is 4.79 Å². The molecule has 0 unspecified atom stereocenters. The summed E-state index contributed by atoms with van der Waals surface area (Å²) < 4.78 is 10.9. The summed E-state index contributed by atoms with van der Waals surface area (Å²) >= 11 is 0. The summed E-state index contributed by atoms with van der Waals surface area (Å²) in [7, 11) is 0. The van der Waals surface area contributed by atoms with Gasteiger partial charge in [0.15, 0.2) is 0 Å². The number of rotatable bonds is 9.